The molecule has 3 rings (SSSR count). The zero-order chi connectivity index (χ0) is 19.1. The number of oxazole rings is 1. The van der Waals surface area contributed by atoms with Crippen LogP contribution in [0.5, 0.6) is 11.5 Å². The molecule has 0 unspecified atom stereocenters. The standard InChI is InChI=1S/C19H22N4O3S.HI/c1-20-19(21-10-13-6-7-15(24-2)16(9-13)25-3)22-11-14-12-26-18(23-14)17-5-4-8-27-17;/h4-9,12H,10-11H2,1-3H3,(H2,20,21,22);1H. The molecular weight excluding hydrogens is 491 g/mol. The van der Waals surface area contributed by atoms with Crippen molar-refractivity contribution in [2.24, 2.45) is 4.99 Å². The summed E-state index contributed by atoms with van der Waals surface area (Å²) in [6, 6.07) is 9.75. The highest BCUT2D eigenvalue weighted by molar-refractivity contribution is 14.0. The second kappa shape index (κ2) is 10.9. The molecule has 1 aromatic carbocycles. The number of aliphatic imine (C=N–C) groups is 1. The van der Waals surface area contributed by atoms with Gasteiger partial charge in [-0.3, -0.25) is 4.99 Å². The zero-order valence-electron chi connectivity index (χ0n) is 15.9. The number of nitrogens with one attached hydrogen (secondary N) is 2. The van der Waals surface area contributed by atoms with Crippen molar-refractivity contribution in [1.29, 1.82) is 0 Å². The second-order valence-corrected chi connectivity index (χ2v) is 6.54. The summed E-state index contributed by atoms with van der Waals surface area (Å²) in [5.74, 6) is 2.71. The summed E-state index contributed by atoms with van der Waals surface area (Å²) in [6.45, 7) is 1.11. The van der Waals surface area contributed by atoms with Crippen molar-refractivity contribution < 1.29 is 13.9 Å². The van der Waals surface area contributed by atoms with Crippen molar-refractivity contribution in [2.45, 2.75) is 13.1 Å². The summed E-state index contributed by atoms with van der Waals surface area (Å²) in [7, 11) is 4.97. The number of hydrogen-bond acceptors (Lipinski definition) is 6. The van der Waals surface area contributed by atoms with Crippen molar-refractivity contribution in [3.8, 4) is 22.3 Å². The Kier molecular flexibility index (Phi) is 8.58. The van der Waals surface area contributed by atoms with Gasteiger partial charge in [-0.1, -0.05) is 12.1 Å². The van der Waals surface area contributed by atoms with Crippen LogP contribution in [0, 0.1) is 0 Å². The summed E-state index contributed by atoms with van der Waals surface area (Å²) >= 11 is 1.60. The molecule has 3 aromatic rings. The third-order valence-corrected chi connectivity index (χ3v) is 4.71. The van der Waals surface area contributed by atoms with Crippen LogP contribution in [-0.2, 0) is 13.1 Å². The zero-order valence-corrected chi connectivity index (χ0v) is 19.0. The van der Waals surface area contributed by atoms with E-state index in [0.717, 1.165) is 16.1 Å². The van der Waals surface area contributed by atoms with Crippen LogP contribution in [0.25, 0.3) is 10.8 Å². The molecule has 7 nitrogen and oxygen atoms in total. The van der Waals surface area contributed by atoms with E-state index in [4.69, 9.17) is 13.9 Å². The molecule has 0 fully saturated rings. The first-order valence-electron chi connectivity index (χ1n) is 8.37. The molecule has 0 bridgehead atoms. The minimum atomic E-state index is 0. The van der Waals surface area contributed by atoms with Crippen LogP contribution < -0.4 is 20.1 Å². The van der Waals surface area contributed by atoms with Crippen LogP contribution in [0.15, 0.2) is 51.4 Å². The van der Waals surface area contributed by atoms with Gasteiger partial charge in [0.2, 0.25) is 5.89 Å². The molecular formula is C19H23IN4O3S. The number of rotatable bonds is 7. The Morgan fingerprint density at radius 3 is 2.61 bits per heavy atom. The minimum absolute atomic E-state index is 0. The van der Waals surface area contributed by atoms with Gasteiger partial charge >= 0.3 is 0 Å². The molecule has 0 aliphatic rings. The number of nitrogens with zero attached hydrogens (tertiary/aromatic N) is 2. The molecule has 0 aliphatic carbocycles. The molecule has 0 atom stereocenters. The highest BCUT2D eigenvalue weighted by Gasteiger charge is 2.09. The number of halogens is 1. The fourth-order valence-electron chi connectivity index (χ4n) is 2.47. The van der Waals surface area contributed by atoms with Gasteiger partial charge in [0.15, 0.2) is 17.5 Å². The topological polar surface area (TPSA) is 80.9 Å². The van der Waals surface area contributed by atoms with E-state index in [1.807, 2.05) is 35.7 Å². The van der Waals surface area contributed by atoms with E-state index < -0.39 is 0 Å². The highest BCUT2D eigenvalue weighted by atomic mass is 127. The molecule has 0 saturated heterocycles. The average molecular weight is 514 g/mol. The second-order valence-electron chi connectivity index (χ2n) is 5.59. The quantitative estimate of drug-likeness (QED) is 0.283. The number of guanidine groups is 1. The van der Waals surface area contributed by atoms with E-state index in [0.29, 0.717) is 36.4 Å². The maximum atomic E-state index is 5.52. The van der Waals surface area contributed by atoms with Crippen molar-refractivity contribution >= 4 is 41.3 Å². The lowest BCUT2D eigenvalue weighted by Crippen LogP contribution is -2.36. The highest BCUT2D eigenvalue weighted by Crippen LogP contribution is 2.27. The predicted molar refractivity (Wildman–Crippen MR) is 122 cm³/mol. The van der Waals surface area contributed by atoms with Gasteiger partial charge in [0, 0.05) is 13.6 Å². The molecule has 2 heterocycles. The van der Waals surface area contributed by atoms with Crippen LogP contribution in [0.1, 0.15) is 11.3 Å². The lowest BCUT2D eigenvalue weighted by molar-refractivity contribution is 0.354. The molecule has 0 saturated carbocycles. The Morgan fingerprint density at radius 2 is 1.93 bits per heavy atom. The maximum absolute atomic E-state index is 5.52. The monoisotopic (exact) mass is 514 g/mol. The average Bonchev–Trinajstić information content (AvgIpc) is 3.39. The van der Waals surface area contributed by atoms with E-state index in [2.05, 4.69) is 20.6 Å². The van der Waals surface area contributed by atoms with E-state index >= 15 is 0 Å². The largest absolute Gasteiger partial charge is 0.493 e. The van der Waals surface area contributed by atoms with Crippen molar-refractivity contribution in [3.63, 3.8) is 0 Å². The lowest BCUT2D eigenvalue weighted by atomic mass is 10.2. The van der Waals surface area contributed by atoms with Crippen LogP contribution in [0.4, 0.5) is 0 Å². The fraction of sp³-hybridized carbons (Fsp3) is 0.263. The SMILES string of the molecule is CN=C(NCc1ccc(OC)c(OC)c1)NCc1coc(-c2cccs2)n1.I. The fourth-order valence-corrected chi connectivity index (χ4v) is 3.13. The Balaban J connectivity index is 0.00000280. The van der Waals surface area contributed by atoms with Gasteiger partial charge in [0.25, 0.3) is 0 Å². The molecule has 0 aliphatic heterocycles. The van der Waals surface area contributed by atoms with Gasteiger partial charge in [-0.15, -0.1) is 35.3 Å². The lowest BCUT2D eigenvalue weighted by Gasteiger charge is -2.13. The smallest absolute Gasteiger partial charge is 0.236 e. The molecule has 2 N–H and O–H groups in total. The van der Waals surface area contributed by atoms with Crippen LogP contribution >= 0.6 is 35.3 Å². The van der Waals surface area contributed by atoms with Gasteiger partial charge in [-0.2, -0.15) is 0 Å². The van der Waals surface area contributed by atoms with Gasteiger partial charge in [0.05, 0.1) is 31.3 Å². The molecule has 28 heavy (non-hydrogen) atoms. The van der Waals surface area contributed by atoms with Crippen molar-refractivity contribution in [3.05, 3.63) is 53.2 Å². The first kappa shape index (κ1) is 22.0. The summed E-state index contributed by atoms with van der Waals surface area (Å²) in [5.41, 5.74) is 1.87. The molecule has 0 radical (unpaired) electrons. The number of hydrogen-bond donors (Lipinski definition) is 2. The Morgan fingerprint density at radius 1 is 1.14 bits per heavy atom. The molecule has 9 heteroatoms. The first-order valence-corrected chi connectivity index (χ1v) is 9.25. The number of ether oxygens (including phenoxy) is 2. The van der Waals surface area contributed by atoms with Gasteiger partial charge in [-0.25, -0.2) is 4.98 Å². The summed E-state index contributed by atoms with van der Waals surface area (Å²) in [5, 5.41) is 8.49. The molecule has 0 amide bonds. The predicted octanol–water partition coefficient (Wildman–Crippen LogP) is 3.90. The normalized spacial score (nSPS) is 10.9. The number of aromatic nitrogens is 1. The summed E-state index contributed by atoms with van der Waals surface area (Å²) in [4.78, 5) is 9.73. The van der Waals surface area contributed by atoms with E-state index in [9.17, 15) is 0 Å². The van der Waals surface area contributed by atoms with Crippen LogP contribution in [0.3, 0.4) is 0 Å². The number of thiophene rings is 1. The van der Waals surface area contributed by atoms with Gasteiger partial charge in [0.1, 0.15) is 6.26 Å². The van der Waals surface area contributed by atoms with E-state index in [1.165, 1.54) is 0 Å². The third-order valence-electron chi connectivity index (χ3n) is 3.85. The van der Waals surface area contributed by atoms with Crippen LogP contribution in [-0.4, -0.2) is 32.2 Å². The number of methoxy groups -OCH3 is 2. The molecule has 2 aromatic heterocycles. The van der Waals surface area contributed by atoms with Crippen molar-refractivity contribution in [1.82, 2.24) is 15.6 Å². The molecule has 0 spiro atoms. The van der Waals surface area contributed by atoms with E-state index in [1.54, 1.807) is 38.9 Å². The Hall–Kier alpha value is -2.27. The summed E-state index contributed by atoms with van der Waals surface area (Å²) < 4.78 is 16.1. The Labute approximate surface area is 185 Å². The van der Waals surface area contributed by atoms with E-state index in [-0.39, 0.29) is 24.0 Å². The maximum Gasteiger partial charge on any atom is 0.236 e. The molecule has 150 valence electrons. The number of benzene rings is 1. The van der Waals surface area contributed by atoms with Gasteiger partial charge < -0.3 is 24.5 Å². The van der Waals surface area contributed by atoms with Gasteiger partial charge in [-0.05, 0) is 29.1 Å². The van der Waals surface area contributed by atoms with Crippen LogP contribution in [0.2, 0.25) is 0 Å². The van der Waals surface area contributed by atoms with Crippen molar-refractivity contribution in [2.75, 3.05) is 21.3 Å². The summed E-state index contributed by atoms with van der Waals surface area (Å²) in [6.07, 6.45) is 1.66. The third kappa shape index (κ3) is 5.61. The Bertz CT molecular complexity index is 896. The first-order chi connectivity index (χ1) is 13.2. The minimum Gasteiger partial charge on any atom is -0.493 e.